The monoisotopic (exact) mass is 404 g/mol. The van der Waals surface area contributed by atoms with Crippen LogP contribution in [0.3, 0.4) is 0 Å². The van der Waals surface area contributed by atoms with E-state index in [0.717, 1.165) is 5.56 Å². The van der Waals surface area contributed by atoms with Crippen molar-refractivity contribution in [1.82, 2.24) is 15.0 Å². The van der Waals surface area contributed by atoms with Crippen LogP contribution in [0.1, 0.15) is 62.9 Å². The summed E-state index contributed by atoms with van der Waals surface area (Å²) < 4.78 is 3.53. The van der Waals surface area contributed by atoms with Gasteiger partial charge in [0, 0.05) is 40.7 Å². The van der Waals surface area contributed by atoms with Crippen LogP contribution in [-0.2, 0) is 6.54 Å². The van der Waals surface area contributed by atoms with Crippen molar-refractivity contribution in [3.05, 3.63) is 35.0 Å². The third kappa shape index (κ3) is 5.55. The van der Waals surface area contributed by atoms with Crippen LogP contribution in [0, 0.1) is 0 Å². The molecule has 0 atom stereocenters. The smallest absolute Gasteiger partial charge is 0.0962 e. The maximum Gasteiger partial charge on any atom is 0.0962 e. The highest BCUT2D eigenvalue weighted by Crippen LogP contribution is 2.40. The van der Waals surface area contributed by atoms with Crippen molar-refractivity contribution in [3.8, 4) is 10.4 Å². The molecule has 6 heteroatoms. The van der Waals surface area contributed by atoms with Crippen molar-refractivity contribution in [2.45, 2.75) is 75.4 Å². The Labute approximate surface area is 171 Å². The van der Waals surface area contributed by atoms with E-state index in [2.05, 4.69) is 62.3 Å². The Hall–Kier alpha value is -0.920. The Bertz CT molecular complexity index is 743. The van der Waals surface area contributed by atoms with Crippen LogP contribution in [0.5, 0.6) is 0 Å². The number of hydrogen-bond donors (Lipinski definition) is 3. The van der Waals surface area contributed by atoms with E-state index >= 15 is 0 Å². The van der Waals surface area contributed by atoms with Gasteiger partial charge in [-0.15, -0.1) is 11.3 Å². The van der Waals surface area contributed by atoms with Gasteiger partial charge in [-0.05, 0) is 77.1 Å². The second-order valence-electron chi connectivity index (χ2n) is 8.39. The summed E-state index contributed by atoms with van der Waals surface area (Å²) in [6.07, 6.45) is 7.02. The lowest BCUT2D eigenvalue weighted by Crippen LogP contribution is -2.29. The van der Waals surface area contributed by atoms with Crippen molar-refractivity contribution in [2.75, 3.05) is 7.05 Å². The van der Waals surface area contributed by atoms with Crippen LogP contribution in [0.4, 0.5) is 0 Å². The summed E-state index contributed by atoms with van der Waals surface area (Å²) in [6.45, 7) is 7.10. The molecule has 1 aromatic heterocycles. The summed E-state index contributed by atoms with van der Waals surface area (Å²) in [7, 11) is 2.07. The van der Waals surface area contributed by atoms with Crippen molar-refractivity contribution >= 4 is 23.3 Å². The quantitative estimate of drug-likeness (QED) is 0.597. The number of benzene rings is 1. The topological polar surface area (TPSA) is 63.0 Å². The summed E-state index contributed by atoms with van der Waals surface area (Å²) >= 11 is 3.55. The fraction of sp³-hybridized carbons (Fsp3) is 0.571. The van der Waals surface area contributed by atoms with E-state index in [-0.39, 0.29) is 5.54 Å². The first-order chi connectivity index (χ1) is 12.9. The van der Waals surface area contributed by atoms with Gasteiger partial charge in [0.05, 0.1) is 9.88 Å². The van der Waals surface area contributed by atoms with E-state index in [0.29, 0.717) is 18.5 Å². The molecule has 0 bridgehead atoms. The van der Waals surface area contributed by atoms with Gasteiger partial charge < -0.3 is 11.1 Å². The minimum atomic E-state index is 0.0471. The maximum atomic E-state index is 5.87. The molecule has 1 aliphatic rings. The maximum absolute atomic E-state index is 5.87. The first-order valence-electron chi connectivity index (χ1n) is 9.80. The molecular weight excluding hydrogens is 372 g/mol. The average molecular weight is 405 g/mol. The number of hydrogen-bond acceptors (Lipinski definition) is 6. The average Bonchev–Trinajstić information content (AvgIpc) is 3.15. The molecule has 3 rings (SSSR count). The SMILES string of the molecule is CNC1CCC(c2ncc(-c3ccc(CN)cc3SNC(C)(C)C)s2)CC1. The molecule has 1 aliphatic carbocycles. The van der Waals surface area contributed by atoms with Gasteiger partial charge in [0.1, 0.15) is 0 Å². The zero-order chi connectivity index (χ0) is 19.4. The van der Waals surface area contributed by atoms with Crippen LogP contribution < -0.4 is 15.8 Å². The number of aromatic nitrogens is 1. The molecule has 1 aromatic carbocycles. The zero-order valence-corrected chi connectivity index (χ0v) is 18.5. The molecule has 0 unspecified atom stereocenters. The molecule has 1 saturated carbocycles. The Kier molecular flexibility index (Phi) is 6.98. The summed E-state index contributed by atoms with van der Waals surface area (Å²) in [5, 5.41) is 4.71. The highest BCUT2D eigenvalue weighted by molar-refractivity contribution is 7.97. The Morgan fingerprint density at radius 3 is 2.59 bits per heavy atom. The van der Waals surface area contributed by atoms with Gasteiger partial charge >= 0.3 is 0 Å². The van der Waals surface area contributed by atoms with E-state index in [9.17, 15) is 0 Å². The number of rotatable bonds is 6. The van der Waals surface area contributed by atoms with E-state index in [4.69, 9.17) is 10.7 Å². The predicted octanol–water partition coefficient (Wildman–Crippen LogP) is 4.91. The molecule has 1 heterocycles. The highest BCUT2D eigenvalue weighted by Gasteiger charge is 2.24. The van der Waals surface area contributed by atoms with Crippen molar-refractivity contribution in [1.29, 1.82) is 0 Å². The molecule has 0 amide bonds. The van der Waals surface area contributed by atoms with Gasteiger partial charge in [-0.25, -0.2) is 4.98 Å². The van der Waals surface area contributed by atoms with Crippen LogP contribution >= 0.6 is 23.3 Å². The minimum absolute atomic E-state index is 0.0471. The Morgan fingerprint density at radius 1 is 1.22 bits per heavy atom. The van der Waals surface area contributed by atoms with E-state index in [1.807, 2.05) is 11.3 Å². The van der Waals surface area contributed by atoms with Crippen molar-refractivity contribution < 1.29 is 0 Å². The van der Waals surface area contributed by atoms with Gasteiger partial charge in [0.2, 0.25) is 0 Å². The molecule has 148 valence electrons. The van der Waals surface area contributed by atoms with Gasteiger partial charge in [-0.2, -0.15) is 0 Å². The largest absolute Gasteiger partial charge is 0.326 e. The van der Waals surface area contributed by atoms with E-state index in [1.54, 1.807) is 11.9 Å². The third-order valence-corrected chi connectivity index (χ3v) is 7.49. The number of nitrogens with one attached hydrogen (secondary N) is 2. The molecule has 0 radical (unpaired) electrons. The number of thiazole rings is 1. The standard InChI is InChI=1S/C21H32N4S2/c1-21(2,3)25-27-18-11-14(12-22)5-10-17(18)19-13-24-20(26-19)15-6-8-16(23-4)9-7-15/h5,10-11,13,15-16,23,25H,6-9,12,22H2,1-4H3. The lowest BCUT2D eigenvalue weighted by Gasteiger charge is -2.26. The summed E-state index contributed by atoms with van der Waals surface area (Å²) in [4.78, 5) is 7.28. The summed E-state index contributed by atoms with van der Waals surface area (Å²) in [6, 6.07) is 7.21. The minimum Gasteiger partial charge on any atom is -0.326 e. The Balaban J connectivity index is 1.80. The van der Waals surface area contributed by atoms with Crippen molar-refractivity contribution in [3.63, 3.8) is 0 Å². The Morgan fingerprint density at radius 2 is 1.96 bits per heavy atom. The van der Waals surface area contributed by atoms with E-state index < -0.39 is 0 Å². The molecule has 0 spiro atoms. The van der Waals surface area contributed by atoms with Gasteiger partial charge in [0.25, 0.3) is 0 Å². The first-order valence-corrected chi connectivity index (χ1v) is 11.4. The van der Waals surface area contributed by atoms with Crippen LogP contribution in [-0.4, -0.2) is 23.6 Å². The summed E-state index contributed by atoms with van der Waals surface area (Å²) in [5.74, 6) is 0.612. The molecule has 4 nitrogen and oxygen atoms in total. The number of nitrogens with zero attached hydrogens (tertiary/aromatic N) is 1. The fourth-order valence-corrected chi connectivity index (χ4v) is 5.53. The molecule has 27 heavy (non-hydrogen) atoms. The number of nitrogens with two attached hydrogens (primary N) is 1. The molecule has 2 aromatic rings. The van der Waals surface area contributed by atoms with Crippen LogP contribution in [0.2, 0.25) is 0 Å². The lowest BCUT2D eigenvalue weighted by molar-refractivity contribution is 0.358. The van der Waals surface area contributed by atoms with E-state index in [1.165, 1.54) is 46.0 Å². The molecule has 1 fully saturated rings. The highest BCUT2D eigenvalue weighted by atomic mass is 32.2. The first kappa shape index (κ1) is 20.8. The molecule has 0 saturated heterocycles. The van der Waals surface area contributed by atoms with Gasteiger partial charge in [-0.1, -0.05) is 12.1 Å². The normalized spacial score (nSPS) is 20.8. The fourth-order valence-electron chi connectivity index (χ4n) is 3.42. The second-order valence-corrected chi connectivity index (χ2v) is 10.3. The molecule has 0 aliphatic heterocycles. The summed E-state index contributed by atoms with van der Waals surface area (Å²) in [5.41, 5.74) is 8.33. The molecule has 4 N–H and O–H groups in total. The van der Waals surface area contributed by atoms with Crippen LogP contribution in [0.25, 0.3) is 10.4 Å². The zero-order valence-electron chi connectivity index (χ0n) is 16.8. The lowest BCUT2D eigenvalue weighted by atomic mass is 9.86. The predicted molar refractivity (Wildman–Crippen MR) is 118 cm³/mol. The second kappa shape index (κ2) is 9.05. The molecular formula is C21H32N4S2. The van der Waals surface area contributed by atoms with Crippen LogP contribution in [0.15, 0.2) is 29.3 Å². The van der Waals surface area contributed by atoms with Gasteiger partial charge in [-0.3, -0.25) is 4.72 Å². The van der Waals surface area contributed by atoms with Gasteiger partial charge in [0.15, 0.2) is 0 Å². The van der Waals surface area contributed by atoms with Crippen molar-refractivity contribution in [2.24, 2.45) is 5.73 Å². The third-order valence-electron chi connectivity index (χ3n) is 5.02.